The van der Waals surface area contributed by atoms with E-state index in [9.17, 15) is 4.79 Å². The van der Waals surface area contributed by atoms with E-state index < -0.39 is 0 Å². The van der Waals surface area contributed by atoms with Crippen molar-refractivity contribution in [2.24, 2.45) is 0 Å². The number of hydrogen-bond donors (Lipinski definition) is 1. The Morgan fingerprint density at radius 1 is 1.50 bits per heavy atom. The van der Waals surface area contributed by atoms with E-state index in [1.54, 1.807) is 19.2 Å². The molecule has 0 radical (unpaired) electrons. The molecule has 0 spiro atoms. The largest absolute Gasteiger partial charge is 0.495 e. The van der Waals surface area contributed by atoms with Gasteiger partial charge in [-0.2, -0.15) is 0 Å². The van der Waals surface area contributed by atoms with E-state index in [4.69, 9.17) is 21.1 Å². The van der Waals surface area contributed by atoms with Crippen molar-refractivity contribution < 1.29 is 14.3 Å². The number of nitrogens with zero attached hydrogens (tertiary/aromatic N) is 1. The summed E-state index contributed by atoms with van der Waals surface area (Å²) >= 11 is 5.97. The number of nitrogens with one attached hydrogen (secondary N) is 1. The average molecular weight is 321 g/mol. The Kier molecular flexibility index (Phi) is 4.45. The zero-order valence-electron chi connectivity index (χ0n) is 12.3. The monoisotopic (exact) mass is 320 g/mol. The second-order valence-electron chi connectivity index (χ2n) is 5.25. The molecule has 1 amide bonds. The molecule has 0 aliphatic carbocycles. The molecule has 1 atom stereocenters. The third-order valence-electron chi connectivity index (χ3n) is 3.73. The zero-order valence-corrected chi connectivity index (χ0v) is 13.0. The Morgan fingerprint density at radius 3 is 3.09 bits per heavy atom. The van der Waals surface area contributed by atoms with Gasteiger partial charge in [0.25, 0.3) is 5.91 Å². The van der Waals surface area contributed by atoms with E-state index in [0.29, 0.717) is 28.5 Å². The van der Waals surface area contributed by atoms with Crippen molar-refractivity contribution in [3.8, 4) is 5.75 Å². The minimum atomic E-state index is -0.197. The van der Waals surface area contributed by atoms with Crippen LogP contribution in [0.5, 0.6) is 5.75 Å². The van der Waals surface area contributed by atoms with Crippen molar-refractivity contribution in [1.82, 2.24) is 10.3 Å². The van der Waals surface area contributed by atoms with E-state index in [2.05, 4.69) is 10.3 Å². The van der Waals surface area contributed by atoms with Crippen LogP contribution in [0.1, 0.15) is 23.2 Å². The number of methoxy groups -OCH3 is 1. The van der Waals surface area contributed by atoms with Gasteiger partial charge >= 0.3 is 0 Å². The maximum absolute atomic E-state index is 12.5. The van der Waals surface area contributed by atoms with Crippen LogP contribution >= 0.6 is 11.6 Å². The first-order valence-electron chi connectivity index (χ1n) is 7.20. The molecule has 2 heterocycles. The summed E-state index contributed by atoms with van der Waals surface area (Å²) in [7, 11) is 1.55. The molecule has 1 saturated heterocycles. The zero-order chi connectivity index (χ0) is 15.5. The fourth-order valence-electron chi connectivity index (χ4n) is 2.64. The number of hydrogen-bond acceptors (Lipinski definition) is 4. The van der Waals surface area contributed by atoms with Gasteiger partial charge in [-0.25, -0.2) is 0 Å². The van der Waals surface area contributed by atoms with Crippen LogP contribution in [0.4, 0.5) is 0 Å². The molecule has 1 N–H and O–H groups in total. The quantitative estimate of drug-likeness (QED) is 0.944. The lowest BCUT2D eigenvalue weighted by molar-refractivity contribution is 0.0623. The Morgan fingerprint density at radius 2 is 2.36 bits per heavy atom. The summed E-state index contributed by atoms with van der Waals surface area (Å²) in [5.41, 5.74) is 1.12. The van der Waals surface area contributed by atoms with Crippen LogP contribution in [0.15, 0.2) is 24.4 Å². The molecule has 1 aromatic heterocycles. The predicted molar refractivity (Wildman–Crippen MR) is 84.6 cm³/mol. The molecule has 1 aliphatic heterocycles. The number of ether oxygens (including phenoxy) is 2. The molecule has 1 aliphatic rings. The van der Waals surface area contributed by atoms with Crippen molar-refractivity contribution in [2.45, 2.75) is 18.9 Å². The summed E-state index contributed by atoms with van der Waals surface area (Å²) in [6, 6.07) is 5.34. The molecule has 0 bridgehead atoms. The van der Waals surface area contributed by atoms with Crippen molar-refractivity contribution in [1.29, 1.82) is 0 Å². The van der Waals surface area contributed by atoms with Crippen LogP contribution < -0.4 is 10.1 Å². The summed E-state index contributed by atoms with van der Waals surface area (Å²) in [5, 5.41) is 4.34. The topological polar surface area (TPSA) is 60.5 Å². The number of carbonyl (C=O) groups excluding carboxylic acids is 1. The fraction of sp³-hybridized carbons (Fsp3) is 0.375. The molecule has 0 saturated carbocycles. The molecule has 1 aromatic carbocycles. The average Bonchev–Trinajstić information content (AvgIpc) is 2.54. The molecule has 116 valence electrons. The maximum atomic E-state index is 12.5. The highest BCUT2D eigenvalue weighted by molar-refractivity contribution is 6.31. The van der Waals surface area contributed by atoms with E-state index in [1.165, 1.54) is 6.20 Å². The molecule has 2 aromatic rings. The Balaban J connectivity index is 1.92. The van der Waals surface area contributed by atoms with Crippen molar-refractivity contribution in [3.63, 3.8) is 0 Å². The molecule has 3 rings (SSSR count). The van der Waals surface area contributed by atoms with Crippen LogP contribution in [0.2, 0.25) is 5.02 Å². The highest BCUT2D eigenvalue weighted by Crippen LogP contribution is 2.30. The lowest BCUT2D eigenvalue weighted by Crippen LogP contribution is -2.40. The lowest BCUT2D eigenvalue weighted by Gasteiger charge is -2.23. The second kappa shape index (κ2) is 6.50. The van der Waals surface area contributed by atoms with Crippen LogP contribution in [-0.2, 0) is 4.74 Å². The van der Waals surface area contributed by atoms with E-state index in [0.717, 1.165) is 24.8 Å². The number of pyridine rings is 1. The first kappa shape index (κ1) is 15.1. The standard InChI is InChI=1S/C16H17ClN2O3/c1-21-15-12-5-4-10(17)7-14(12)18-8-13(15)16(20)19-11-3-2-6-22-9-11/h4-5,7-8,11H,2-3,6,9H2,1H3,(H,19,20)/t11-/m1/s1. The minimum Gasteiger partial charge on any atom is -0.495 e. The van der Waals surface area contributed by atoms with Crippen LogP contribution in [0, 0.1) is 0 Å². The van der Waals surface area contributed by atoms with Gasteiger partial charge < -0.3 is 14.8 Å². The maximum Gasteiger partial charge on any atom is 0.256 e. The number of rotatable bonds is 3. The number of fused-ring (bicyclic) bond motifs is 1. The fourth-order valence-corrected chi connectivity index (χ4v) is 2.81. The normalized spacial score (nSPS) is 18.2. The van der Waals surface area contributed by atoms with Gasteiger partial charge in [-0.1, -0.05) is 11.6 Å². The van der Waals surface area contributed by atoms with E-state index >= 15 is 0 Å². The van der Waals surface area contributed by atoms with Crippen molar-refractivity contribution in [3.05, 3.63) is 35.0 Å². The number of carbonyl (C=O) groups is 1. The van der Waals surface area contributed by atoms with Gasteiger partial charge in [0, 0.05) is 23.2 Å². The van der Waals surface area contributed by atoms with Gasteiger partial charge in [-0.3, -0.25) is 9.78 Å². The SMILES string of the molecule is COc1c(C(=O)N[C@@H]2CCCOC2)cnc2cc(Cl)ccc12. The molecular weight excluding hydrogens is 304 g/mol. The van der Waals surface area contributed by atoms with Crippen LogP contribution in [-0.4, -0.2) is 37.3 Å². The summed E-state index contributed by atoms with van der Waals surface area (Å²) in [5.74, 6) is 0.313. The van der Waals surface area contributed by atoms with E-state index in [-0.39, 0.29) is 11.9 Å². The molecule has 1 fully saturated rings. The van der Waals surface area contributed by atoms with Gasteiger partial charge in [0.05, 0.1) is 25.3 Å². The Bertz CT molecular complexity index is 699. The number of aromatic nitrogens is 1. The predicted octanol–water partition coefficient (Wildman–Crippen LogP) is 2.81. The highest BCUT2D eigenvalue weighted by Gasteiger charge is 2.21. The molecule has 22 heavy (non-hydrogen) atoms. The Hall–Kier alpha value is -1.85. The summed E-state index contributed by atoms with van der Waals surface area (Å²) < 4.78 is 10.8. The molecule has 5 nitrogen and oxygen atoms in total. The second-order valence-corrected chi connectivity index (χ2v) is 5.69. The van der Waals surface area contributed by atoms with E-state index in [1.807, 2.05) is 6.07 Å². The third kappa shape index (κ3) is 3.00. The number of benzene rings is 1. The first-order chi connectivity index (χ1) is 10.7. The van der Waals surface area contributed by atoms with Crippen molar-refractivity contribution in [2.75, 3.05) is 20.3 Å². The lowest BCUT2D eigenvalue weighted by atomic mass is 10.1. The minimum absolute atomic E-state index is 0.0341. The van der Waals surface area contributed by atoms with Gasteiger partial charge in [-0.05, 0) is 31.0 Å². The van der Waals surface area contributed by atoms with Crippen molar-refractivity contribution >= 4 is 28.4 Å². The van der Waals surface area contributed by atoms with Crippen LogP contribution in [0.3, 0.4) is 0 Å². The van der Waals surface area contributed by atoms with Gasteiger partial charge in [-0.15, -0.1) is 0 Å². The van der Waals surface area contributed by atoms with Gasteiger partial charge in [0.15, 0.2) is 0 Å². The number of halogens is 1. The first-order valence-corrected chi connectivity index (χ1v) is 7.57. The number of amides is 1. The summed E-state index contributed by atoms with van der Waals surface area (Å²) in [6.07, 6.45) is 3.40. The molecular formula is C16H17ClN2O3. The van der Waals surface area contributed by atoms with Gasteiger partial charge in [0.2, 0.25) is 0 Å². The van der Waals surface area contributed by atoms with Gasteiger partial charge in [0.1, 0.15) is 11.3 Å². The Labute approximate surface area is 133 Å². The molecule has 6 heteroatoms. The third-order valence-corrected chi connectivity index (χ3v) is 3.96. The summed E-state index contributed by atoms with van der Waals surface area (Å²) in [4.78, 5) is 16.8. The summed E-state index contributed by atoms with van der Waals surface area (Å²) in [6.45, 7) is 1.30. The molecule has 0 unspecified atom stereocenters. The smallest absolute Gasteiger partial charge is 0.256 e. The van der Waals surface area contributed by atoms with Crippen LogP contribution in [0.25, 0.3) is 10.9 Å². The highest BCUT2D eigenvalue weighted by atomic mass is 35.5.